The number of anilines is 1. The number of nitrogens with zero attached hydrogens (tertiary/aromatic N) is 2. The standard InChI is InChI=1S/C12H14N2O5/c1-8-10(13-2-4-19-5-3-13)6-9(12(15)16)7-11(8)14(17)18/h6-7H,2-5H2,1H3,(H,15,16). The van der Waals surface area contributed by atoms with Gasteiger partial charge in [0.15, 0.2) is 0 Å². The molecule has 1 aliphatic heterocycles. The van der Waals surface area contributed by atoms with E-state index in [0.29, 0.717) is 37.6 Å². The predicted octanol–water partition coefficient (Wildman–Crippen LogP) is 1.44. The van der Waals surface area contributed by atoms with E-state index in [1.165, 1.54) is 6.07 Å². The highest BCUT2D eigenvalue weighted by Crippen LogP contribution is 2.31. The Labute approximate surface area is 109 Å². The van der Waals surface area contributed by atoms with E-state index in [1.54, 1.807) is 6.92 Å². The molecule has 1 aliphatic rings. The van der Waals surface area contributed by atoms with Crippen LogP contribution in [0, 0.1) is 17.0 Å². The number of nitro groups is 1. The Balaban J connectivity index is 2.51. The Hall–Kier alpha value is -2.15. The SMILES string of the molecule is Cc1c(N2CCOCC2)cc(C(=O)O)cc1[N+](=O)[O-]. The third-order valence-electron chi connectivity index (χ3n) is 3.15. The number of carboxylic acids is 1. The van der Waals surface area contributed by atoms with Gasteiger partial charge in [-0.2, -0.15) is 0 Å². The van der Waals surface area contributed by atoms with Crippen LogP contribution in [-0.4, -0.2) is 42.3 Å². The van der Waals surface area contributed by atoms with Crippen molar-refractivity contribution in [3.8, 4) is 0 Å². The molecule has 19 heavy (non-hydrogen) atoms. The molecule has 0 radical (unpaired) electrons. The number of carboxylic acid groups (broad SMARTS) is 1. The normalized spacial score (nSPS) is 15.3. The Morgan fingerprint density at radius 2 is 2.05 bits per heavy atom. The minimum atomic E-state index is -1.17. The molecule has 0 saturated carbocycles. The Kier molecular flexibility index (Phi) is 3.66. The number of hydrogen-bond donors (Lipinski definition) is 1. The molecule has 1 fully saturated rings. The first kappa shape index (κ1) is 13.3. The molecule has 7 nitrogen and oxygen atoms in total. The Morgan fingerprint density at radius 1 is 1.42 bits per heavy atom. The summed E-state index contributed by atoms with van der Waals surface area (Å²) in [5.74, 6) is -1.17. The highest BCUT2D eigenvalue weighted by molar-refractivity contribution is 5.90. The second-order valence-corrected chi connectivity index (χ2v) is 4.30. The molecule has 1 N–H and O–H groups in total. The number of rotatable bonds is 3. The second-order valence-electron chi connectivity index (χ2n) is 4.30. The van der Waals surface area contributed by atoms with E-state index in [-0.39, 0.29) is 11.3 Å². The summed E-state index contributed by atoms with van der Waals surface area (Å²) in [6.45, 7) is 3.89. The van der Waals surface area contributed by atoms with Gasteiger partial charge >= 0.3 is 5.97 Å². The molecule has 1 aromatic rings. The molecule has 0 aromatic heterocycles. The summed E-state index contributed by atoms with van der Waals surface area (Å²) < 4.78 is 5.22. The van der Waals surface area contributed by atoms with Gasteiger partial charge in [-0.25, -0.2) is 4.79 Å². The van der Waals surface area contributed by atoms with Crippen molar-refractivity contribution in [1.29, 1.82) is 0 Å². The van der Waals surface area contributed by atoms with Crippen LogP contribution in [0.25, 0.3) is 0 Å². The summed E-state index contributed by atoms with van der Waals surface area (Å²) in [5, 5.41) is 20.0. The van der Waals surface area contributed by atoms with E-state index < -0.39 is 10.9 Å². The van der Waals surface area contributed by atoms with Crippen LogP contribution in [0.4, 0.5) is 11.4 Å². The quantitative estimate of drug-likeness (QED) is 0.657. The Bertz CT molecular complexity index is 523. The maximum Gasteiger partial charge on any atom is 0.336 e. The number of carbonyl (C=O) groups is 1. The van der Waals surface area contributed by atoms with Crippen LogP contribution in [0.15, 0.2) is 12.1 Å². The average molecular weight is 266 g/mol. The van der Waals surface area contributed by atoms with Crippen molar-refractivity contribution in [2.24, 2.45) is 0 Å². The predicted molar refractivity (Wildman–Crippen MR) is 67.8 cm³/mol. The Morgan fingerprint density at radius 3 is 2.58 bits per heavy atom. The van der Waals surface area contributed by atoms with Crippen LogP contribution in [-0.2, 0) is 4.74 Å². The van der Waals surface area contributed by atoms with Crippen molar-refractivity contribution in [2.75, 3.05) is 31.2 Å². The van der Waals surface area contributed by atoms with E-state index in [2.05, 4.69) is 0 Å². The summed E-state index contributed by atoms with van der Waals surface area (Å²) in [6, 6.07) is 2.58. The van der Waals surface area contributed by atoms with E-state index in [0.717, 1.165) is 6.07 Å². The van der Waals surface area contributed by atoms with Gasteiger partial charge in [-0.3, -0.25) is 10.1 Å². The van der Waals surface area contributed by atoms with Gasteiger partial charge in [0.25, 0.3) is 5.69 Å². The average Bonchev–Trinajstić information content (AvgIpc) is 2.39. The zero-order chi connectivity index (χ0) is 14.0. The van der Waals surface area contributed by atoms with Crippen LogP contribution < -0.4 is 4.90 Å². The van der Waals surface area contributed by atoms with E-state index in [9.17, 15) is 14.9 Å². The molecule has 2 rings (SSSR count). The smallest absolute Gasteiger partial charge is 0.336 e. The molecule has 0 spiro atoms. The number of morpholine rings is 1. The van der Waals surface area contributed by atoms with Crippen molar-refractivity contribution >= 4 is 17.3 Å². The third kappa shape index (κ3) is 2.65. The van der Waals surface area contributed by atoms with Crippen LogP contribution in [0.2, 0.25) is 0 Å². The van der Waals surface area contributed by atoms with Crippen LogP contribution in [0.3, 0.4) is 0 Å². The fourth-order valence-corrected chi connectivity index (χ4v) is 2.13. The zero-order valence-corrected chi connectivity index (χ0v) is 10.5. The first-order valence-corrected chi connectivity index (χ1v) is 5.85. The second kappa shape index (κ2) is 5.23. The highest BCUT2D eigenvalue weighted by atomic mass is 16.6. The number of ether oxygens (including phenoxy) is 1. The lowest BCUT2D eigenvalue weighted by molar-refractivity contribution is -0.385. The monoisotopic (exact) mass is 266 g/mol. The molecule has 0 unspecified atom stereocenters. The zero-order valence-electron chi connectivity index (χ0n) is 10.5. The van der Waals surface area contributed by atoms with Crippen molar-refractivity contribution in [3.05, 3.63) is 33.4 Å². The van der Waals surface area contributed by atoms with Gasteiger partial charge in [0.05, 0.1) is 29.3 Å². The lowest BCUT2D eigenvalue weighted by Gasteiger charge is -2.30. The fourth-order valence-electron chi connectivity index (χ4n) is 2.13. The van der Waals surface area contributed by atoms with Gasteiger partial charge < -0.3 is 14.7 Å². The molecule has 102 valence electrons. The minimum Gasteiger partial charge on any atom is -0.478 e. The van der Waals surface area contributed by atoms with Crippen molar-refractivity contribution < 1.29 is 19.6 Å². The van der Waals surface area contributed by atoms with Crippen LogP contribution in [0.1, 0.15) is 15.9 Å². The molecule has 0 amide bonds. The summed E-state index contributed by atoms with van der Waals surface area (Å²) in [4.78, 5) is 23.4. The largest absolute Gasteiger partial charge is 0.478 e. The summed E-state index contributed by atoms with van der Waals surface area (Å²) >= 11 is 0. The molecule has 0 bridgehead atoms. The number of aromatic carboxylic acids is 1. The van der Waals surface area contributed by atoms with E-state index >= 15 is 0 Å². The van der Waals surface area contributed by atoms with Crippen LogP contribution >= 0.6 is 0 Å². The van der Waals surface area contributed by atoms with Gasteiger partial charge in [0, 0.05) is 24.8 Å². The first-order chi connectivity index (χ1) is 9.00. The first-order valence-electron chi connectivity index (χ1n) is 5.85. The maximum atomic E-state index is 11.1. The highest BCUT2D eigenvalue weighted by Gasteiger charge is 2.23. The number of hydrogen-bond acceptors (Lipinski definition) is 5. The third-order valence-corrected chi connectivity index (χ3v) is 3.15. The van der Waals surface area contributed by atoms with E-state index in [4.69, 9.17) is 9.84 Å². The maximum absolute atomic E-state index is 11.1. The lowest BCUT2D eigenvalue weighted by Crippen LogP contribution is -2.36. The van der Waals surface area contributed by atoms with E-state index in [1.807, 2.05) is 4.90 Å². The van der Waals surface area contributed by atoms with Gasteiger partial charge in [-0.15, -0.1) is 0 Å². The summed E-state index contributed by atoms with van der Waals surface area (Å²) in [7, 11) is 0. The van der Waals surface area contributed by atoms with Crippen LogP contribution in [0.5, 0.6) is 0 Å². The van der Waals surface area contributed by atoms with Crippen molar-refractivity contribution in [1.82, 2.24) is 0 Å². The minimum absolute atomic E-state index is 0.0706. The summed E-state index contributed by atoms with van der Waals surface area (Å²) in [5.41, 5.74) is 0.840. The van der Waals surface area contributed by atoms with Gasteiger partial charge in [0.1, 0.15) is 0 Å². The number of nitro benzene ring substituents is 1. The molecular weight excluding hydrogens is 252 g/mol. The molecule has 1 heterocycles. The summed E-state index contributed by atoms with van der Waals surface area (Å²) in [6.07, 6.45) is 0. The fraction of sp³-hybridized carbons (Fsp3) is 0.417. The molecule has 1 aromatic carbocycles. The van der Waals surface area contributed by atoms with Crippen molar-refractivity contribution in [2.45, 2.75) is 6.92 Å². The van der Waals surface area contributed by atoms with Gasteiger partial charge in [-0.05, 0) is 13.0 Å². The molecule has 7 heteroatoms. The molecule has 1 saturated heterocycles. The molecular formula is C12H14N2O5. The molecule has 0 atom stereocenters. The lowest BCUT2D eigenvalue weighted by atomic mass is 10.1. The van der Waals surface area contributed by atoms with Gasteiger partial charge in [0.2, 0.25) is 0 Å². The van der Waals surface area contributed by atoms with Crippen molar-refractivity contribution in [3.63, 3.8) is 0 Å². The van der Waals surface area contributed by atoms with Gasteiger partial charge in [-0.1, -0.05) is 0 Å². The topological polar surface area (TPSA) is 92.9 Å². The molecule has 0 aliphatic carbocycles. The number of benzene rings is 1.